The Labute approximate surface area is 132 Å². The van der Waals surface area contributed by atoms with Crippen LogP contribution in [0, 0.1) is 12.7 Å². The van der Waals surface area contributed by atoms with E-state index in [4.69, 9.17) is 5.11 Å². The molecule has 0 aliphatic rings. The third-order valence-corrected chi connectivity index (χ3v) is 3.32. The summed E-state index contributed by atoms with van der Waals surface area (Å²) in [7, 11) is 0. The van der Waals surface area contributed by atoms with Crippen molar-refractivity contribution in [1.29, 1.82) is 0 Å². The van der Waals surface area contributed by atoms with Crippen molar-refractivity contribution < 1.29 is 19.1 Å². The van der Waals surface area contributed by atoms with Gasteiger partial charge in [-0.05, 0) is 30.2 Å². The zero-order valence-electron chi connectivity index (χ0n) is 12.7. The Morgan fingerprint density at radius 1 is 1.35 bits per heavy atom. The van der Waals surface area contributed by atoms with Gasteiger partial charge in [-0.3, -0.25) is 14.3 Å². The highest BCUT2D eigenvalue weighted by atomic mass is 19.1. The number of aromatic nitrogens is 2. The number of nitrogens with one attached hydrogen (secondary N) is 1. The summed E-state index contributed by atoms with van der Waals surface area (Å²) in [5.74, 6) is -1.74. The first-order valence-corrected chi connectivity index (χ1v) is 7.19. The van der Waals surface area contributed by atoms with Gasteiger partial charge in [-0.1, -0.05) is 12.1 Å². The molecule has 1 amide bonds. The zero-order chi connectivity index (χ0) is 16.8. The fraction of sp³-hybridized carbons (Fsp3) is 0.312. The molecule has 0 aliphatic heterocycles. The number of carbonyl (C=O) groups excluding carboxylic acids is 1. The number of carboxylic acid groups (broad SMARTS) is 1. The molecule has 0 bridgehead atoms. The molecule has 7 heteroatoms. The Kier molecular flexibility index (Phi) is 5.46. The SMILES string of the molecule is Cc1cnn(CCC(=O)NC(CC(=O)O)c2ccc(F)cc2)c1. The van der Waals surface area contributed by atoms with Crippen molar-refractivity contribution in [2.45, 2.75) is 32.4 Å². The Hall–Kier alpha value is -2.70. The van der Waals surface area contributed by atoms with E-state index in [0.29, 0.717) is 12.1 Å². The smallest absolute Gasteiger partial charge is 0.305 e. The molecule has 122 valence electrons. The zero-order valence-corrected chi connectivity index (χ0v) is 12.7. The van der Waals surface area contributed by atoms with Crippen LogP contribution < -0.4 is 5.32 Å². The third-order valence-electron chi connectivity index (χ3n) is 3.32. The molecule has 1 aromatic carbocycles. The average molecular weight is 319 g/mol. The van der Waals surface area contributed by atoms with Crippen LogP contribution in [0.1, 0.15) is 30.0 Å². The summed E-state index contributed by atoms with van der Waals surface area (Å²) in [5, 5.41) is 15.7. The fourth-order valence-corrected chi connectivity index (χ4v) is 2.19. The first kappa shape index (κ1) is 16.7. The van der Waals surface area contributed by atoms with Gasteiger partial charge in [0.25, 0.3) is 0 Å². The number of hydrogen-bond donors (Lipinski definition) is 2. The number of benzene rings is 1. The van der Waals surface area contributed by atoms with Crippen LogP contribution in [-0.2, 0) is 16.1 Å². The molecule has 6 nitrogen and oxygen atoms in total. The van der Waals surface area contributed by atoms with Gasteiger partial charge in [-0.2, -0.15) is 5.10 Å². The van der Waals surface area contributed by atoms with Crippen LogP contribution in [0.15, 0.2) is 36.7 Å². The Morgan fingerprint density at radius 2 is 2.04 bits per heavy atom. The lowest BCUT2D eigenvalue weighted by molar-refractivity contribution is -0.137. The van der Waals surface area contributed by atoms with E-state index in [1.165, 1.54) is 24.3 Å². The number of nitrogens with zero attached hydrogens (tertiary/aromatic N) is 2. The summed E-state index contributed by atoms with van der Waals surface area (Å²) in [4.78, 5) is 23.0. The van der Waals surface area contributed by atoms with Crippen molar-refractivity contribution >= 4 is 11.9 Å². The summed E-state index contributed by atoms with van der Waals surface area (Å²) < 4.78 is 14.6. The molecule has 0 spiro atoms. The molecule has 0 radical (unpaired) electrons. The highest BCUT2D eigenvalue weighted by Gasteiger charge is 2.18. The van der Waals surface area contributed by atoms with Gasteiger partial charge in [0.15, 0.2) is 0 Å². The summed E-state index contributed by atoms with van der Waals surface area (Å²) >= 11 is 0. The van der Waals surface area contributed by atoms with E-state index in [2.05, 4.69) is 10.4 Å². The number of aryl methyl sites for hydroxylation is 2. The molecule has 0 saturated carbocycles. The van der Waals surface area contributed by atoms with E-state index in [1.54, 1.807) is 10.9 Å². The Bertz CT molecular complexity index is 682. The van der Waals surface area contributed by atoms with E-state index in [9.17, 15) is 14.0 Å². The molecule has 0 aliphatic carbocycles. The van der Waals surface area contributed by atoms with Crippen LogP contribution in [0.3, 0.4) is 0 Å². The van der Waals surface area contributed by atoms with E-state index in [0.717, 1.165) is 5.56 Å². The summed E-state index contributed by atoms with van der Waals surface area (Å²) in [6, 6.07) is 4.73. The lowest BCUT2D eigenvalue weighted by Gasteiger charge is -2.17. The molecule has 2 N–H and O–H groups in total. The minimum Gasteiger partial charge on any atom is -0.481 e. The van der Waals surface area contributed by atoms with E-state index in [1.807, 2.05) is 13.1 Å². The maximum absolute atomic E-state index is 13.0. The van der Waals surface area contributed by atoms with E-state index in [-0.39, 0.29) is 18.7 Å². The molecule has 0 fully saturated rings. The van der Waals surface area contributed by atoms with Crippen molar-refractivity contribution in [3.05, 3.63) is 53.6 Å². The van der Waals surface area contributed by atoms with Crippen molar-refractivity contribution in [1.82, 2.24) is 15.1 Å². The van der Waals surface area contributed by atoms with Gasteiger partial charge in [0.2, 0.25) is 5.91 Å². The highest BCUT2D eigenvalue weighted by molar-refractivity contribution is 5.77. The minimum atomic E-state index is -1.04. The van der Waals surface area contributed by atoms with Gasteiger partial charge in [0.1, 0.15) is 5.82 Å². The molecular weight excluding hydrogens is 301 g/mol. The van der Waals surface area contributed by atoms with Crippen molar-refractivity contribution in [2.24, 2.45) is 0 Å². The number of carboxylic acids is 1. The monoisotopic (exact) mass is 319 g/mol. The van der Waals surface area contributed by atoms with Gasteiger partial charge < -0.3 is 10.4 Å². The number of aliphatic carboxylic acids is 1. The minimum absolute atomic E-state index is 0.179. The molecular formula is C16H18FN3O3. The highest BCUT2D eigenvalue weighted by Crippen LogP contribution is 2.17. The second-order valence-electron chi connectivity index (χ2n) is 5.30. The quantitative estimate of drug-likeness (QED) is 0.818. The second-order valence-corrected chi connectivity index (χ2v) is 5.30. The fourth-order valence-electron chi connectivity index (χ4n) is 2.19. The van der Waals surface area contributed by atoms with Gasteiger partial charge in [0, 0.05) is 19.2 Å². The largest absolute Gasteiger partial charge is 0.481 e. The molecule has 1 aromatic heterocycles. The number of amides is 1. The molecule has 0 saturated heterocycles. The van der Waals surface area contributed by atoms with Crippen LogP contribution in [0.4, 0.5) is 4.39 Å². The predicted molar refractivity (Wildman–Crippen MR) is 81.1 cm³/mol. The summed E-state index contributed by atoms with van der Waals surface area (Å²) in [6.45, 7) is 2.31. The van der Waals surface area contributed by atoms with Gasteiger partial charge in [-0.15, -0.1) is 0 Å². The van der Waals surface area contributed by atoms with Gasteiger partial charge >= 0.3 is 5.97 Å². The Morgan fingerprint density at radius 3 is 2.61 bits per heavy atom. The maximum Gasteiger partial charge on any atom is 0.305 e. The second kappa shape index (κ2) is 7.53. The van der Waals surface area contributed by atoms with Crippen LogP contribution in [0.2, 0.25) is 0 Å². The molecule has 2 aromatic rings. The predicted octanol–water partition coefficient (Wildman–Crippen LogP) is 2.05. The summed E-state index contributed by atoms with van der Waals surface area (Å²) in [5.41, 5.74) is 1.55. The van der Waals surface area contributed by atoms with Crippen molar-refractivity contribution in [3.8, 4) is 0 Å². The standard InChI is InChI=1S/C16H18FN3O3/c1-11-9-18-20(10-11)7-6-15(21)19-14(8-16(22)23)12-2-4-13(17)5-3-12/h2-5,9-10,14H,6-8H2,1H3,(H,19,21)(H,22,23). The lowest BCUT2D eigenvalue weighted by Crippen LogP contribution is -2.30. The number of halogens is 1. The first-order valence-electron chi connectivity index (χ1n) is 7.19. The van der Waals surface area contributed by atoms with Crippen LogP contribution in [0.25, 0.3) is 0 Å². The number of carbonyl (C=O) groups is 2. The van der Waals surface area contributed by atoms with Gasteiger partial charge in [-0.25, -0.2) is 4.39 Å². The summed E-state index contributed by atoms with van der Waals surface area (Å²) in [6.07, 6.45) is 3.43. The van der Waals surface area contributed by atoms with Crippen LogP contribution in [0.5, 0.6) is 0 Å². The molecule has 1 atom stereocenters. The molecule has 1 unspecified atom stereocenters. The topological polar surface area (TPSA) is 84.2 Å². The maximum atomic E-state index is 13.0. The van der Waals surface area contributed by atoms with Crippen LogP contribution >= 0.6 is 0 Å². The van der Waals surface area contributed by atoms with E-state index >= 15 is 0 Å². The number of hydrogen-bond acceptors (Lipinski definition) is 3. The molecule has 23 heavy (non-hydrogen) atoms. The first-order chi connectivity index (χ1) is 10.9. The normalized spacial score (nSPS) is 11.9. The Balaban J connectivity index is 1.97. The molecule has 1 heterocycles. The van der Waals surface area contributed by atoms with Crippen molar-refractivity contribution in [3.63, 3.8) is 0 Å². The third kappa shape index (κ3) is 5.21. The van der Waals surface area contributed by atoms with E-state index < -0.39 is 17.8 Å². The van der Waals surface area contributed by atoms with Gasteiger partial charge in [0.05, 0.1) is 18.7 Å². The van der Waals surface area contributed by atoms with Crippen molar-refractivity contribution in [2.75, 3.05) is 0 Å². The lowest BCUT2D eigenvalue weighted by atomic mass is 10.0. The van der Waals surface area contributed by atoms with Crippen LogP contribution in [-0.4, -0.2) is 26.8 Å². The molecule has 2 rings (SSSR count). The average Bonchev–Trinajstić information content (AvgIpc) is 2.90. The number of rotatable bonds is 7.